The highest BCUT2D eigenvalue weighted by molar-refractivity contribution is 7.92. The van der Waals surface area contributed by atoms with E-state index < -0.39 is 10.0 Å². The maximum atomic E-state index is 12.4. The molecule has 1 saturated heterocycles. The van der Waals surface area contributed by atoms with Gasteiger partial charge in [-0.3, -0.25) is 9.52 Å². The lowest BCUT2D eigenvalue weighted by molar-refractivity contribution is -0.129. The predicted molar refractivity (Wildman–Crippen MR) is 99.5 cm³/mol. The zero-order chi connectivity index (χ0) is 19.0. The maximum Gasteiger partial charge on any atom is 0.232 e. The van der Waals surface area contributed by atoms with Gasteiger partial charge in [0.25, 0.3) is 0 Å². The quantitative estimate of drug-likeness (QED) is 0.840. The first kappa shape index (κ1) is 18.0. The number of hydrogen-bond acceptors (Lipinski definition) is 6. The molecule has 0 unspecified atom stereocenters. The summed E-state index contributed by atoms with van der Waals surface area (Å²) >= 11 is 0. The molecule has 0 radical (unpaired) electrons. The second kappa shape index (κ2) is 6.95. The van der Waals surface area contributed by atoms with Crippen LogP contribution in [0.15, 0.2) is 28.8 Å². The number of aromatic nitrogens is 2. The molecule has 4 rings (SSSR count). The Balaban J connectivity index is 1.46. The van der Waals surface area contributed by atoms with E-state index in [1.807, 2.05) is 4.90 Å². The van der Waals surface area contributed by atoms with Gasteiger partial charge >= 0.3 is 0 Å². The fourth-order valence-electron chi connectivity index (χ4n) is 3.89. The normalized spacial score (nSPS) is 21.1. The minimum Gasteiger partial charge on any atom is -0.339 e. The number of likely N-dealkylation sites (tertiary alicyclic amines) is 1. The van der Waals surface area contributed by atoms with Gasteiger partial charge in [-0.25, -0.2) is 8.42 Å². The fraction of sp³-hybridized carbons (Fsp3) is 0.500. The Morgan fingerprint density at radius 2 is 1.89 bits per heavy atom. The van der Waals surface area contributed by atoms with Crippen LogP contribution in [0.3, 0.4) is 0 Å². The molecule has 0 bridgehead atoms. The molecule has 1 amide bonds. The molecule has 1 atom stereocenters. The van der Waals surface area contributed by atoms with Crippen molar-refractivity contribution in [2.45, 2.75) is 44.1 Å². The number of hydrogen-bond donors (Lipinski definition) is 1. The molecule has 2 aromatic rings. The van der Waals surface area contributed by atoms with Gasteiger partial charge in [0.15, 0.2) is 0 Å². The van der Waals surface area contributed by atoms with E-state index in [-0.39, 0.29) is 11.8 Å². The van der Waals surface area contributed by atoms with E-state index >= 15 is 0 Å². The van der Waals surface area contributed by atoms with Crippen molar-refractivity contribution in [1.29, 1.82) is 0 Å². The molecule has 27 heavy (non-hydrogen) atoms. The lowest BCUT2D eigenvalue weighted by atomic mass is 10.1. The van der Waals surface area contributed by atoms with Crippen molar-refractivity contribution in [3.8, 4) is 11.4 Å². The standard InChI is InChI=1S/C18H22N4O4S/c1-27(24,25)21-14-8-6-12(7-9-14)17-19-18(26-20-17)13-10-16(23)22(11-13)15-4-2-3-5-15/h6-9,13,15,21H,2-5,10-11H2,1H3/t13-/m0/s1. The number of anilines is 1. The minimum absolute atomic E-state index is 0.0643. The van der Waals surface area contributed by atoms with E-state index in [0.717, 1.165) is 24.7 Å². The van der Waals surface area contributed by atoms with Gasteiger partial charge in [0, 0.05) is 30.3 Å². The van der Waals surface area contributed by atoms with Crippen molar-refractivity contribution in [1.82, 2.24) is 15.0 Å². The Kier molecular flexibility index (Phi) is 4.63. The van der Waals surface area contributed by atoms with E-state index in [2.05, 4.69) is 14.9 Å². The molecule has 0 spiro atoms. The molecule has 1 aromatic heterocycles. The van der Waals surface area contributed by atoms with E-state index in [4.69, 9.17) is 4.52 Å². The molecule has 8 nitrogen and oxygen atoms in total. The highest BCUT2D eigenvalue weighted by Crippen LogP contribution is 2.34. The molecule has 144 valence electrons. The number of nitrogens with one attached hydrogen (secondary N) is 1. The summed E-state index contributed by atoms with van der Waals surface area (Å²) in [4.78, 5) is 18.8. The van der Waals surface area contributed by atoms with Gasteiger partial charge in [-0.05, 0) is 37.1 Å². The van der Waals surface area contributed by atoms with Gasteiger partial charge in [-0.15, -0.1) is 0 Å². The number of carbonyl (C=O) groups excluding carboxylic acids is 1. The van der Waals surface area contributed by atoms with Crippen molar-refractivity contribution in [2.24, 2.45) is 0 Å². The molecule has 1 N–H and O–H groups in total. The second-order valence-corrected chi connectivity index (χ2v) is 9.04. The first-order valence-corrected chi connectivity index (χ1v) is 11.0. The van der Waals surface area contributed by atoms with Gasteiger partial charge in [-0.1, -0.05) is 18.0 Å². The lowest BCUT2D eigenvalue weighted by Gasteiger charge is -2.23. The molecule has 2 heterocycles. The summed E-state index contributed by atoms with van der Waals surface area (Å²) in [6.07, 6.45) is 6.06. The molecule has 1 aliphatic heterocycles. The molecule has 9 heteroatoms. The van der Waals surface area contributed by atoms with Gasteiger partial charge in [0.05, 0.1) is 12.2 Å². The first-order valence-electron chi connectivity index (χ1n) is 9.10. The summed E-state index contributed by atoms with van der Waals surface area (Å²) < 4.78 is 30.4. The van der Waals surface area contributed by atoms with Gasteiger partial charge in [0.2, 0.25) is 27.6 Å². The Morgan fingerprint density at radius 1 is 1.19 bits per heavy atom. The highest BCUT2D eigenvalue weighted by atomic mass is 32.2. The van der Waals surface area contributed by atoms with Gasteiger partial charge in [0.1, 0.15) is 0 Å². The van der Waals surface area contributed by atoms with Gasteiger partial charge in [-0.2, -0.15) is 4.98 Å². The molecule has 1 saturated carbocycles. The van der Waals surface area contributed by atoms with Crippen LogP contribution < -0.4 is 4.72 Å². The van der Waals surface area contributed by atoms with Crippen LogP contribution in [-0.4, -0.2) is 48.2 Å². The summed E-state index contributed by atoms with van der Waals surface area (Å²) in [7, 11) is -3.32. The average molecular weight is 390 g/mol. The summed E-state index contributed by atoms with van der Waals surface area (Å²) in [6.45, 7) is 0.641. The van der Waals surface area contributed by atoms with Crippen molar-refractivity contribution < 1.29 is 17.7 Å². The number of sulfonamides is 1. The topological polar surface area (TPSA) is 105 Å². The first-order chi connectivity index (χ1) is 12.9. The third-order valence-corrected chi connectivity index (χ3v) is 5.77. The number of rotatable bonds is 5. The van der Waals surface area contributed by atoms with Crippen LogP contribution in [0, 0.1) is 0 Å². The van der Waals surface area contributed by atoms with E-state index in [1.54, 1.807) is 24.3 Å². The Morgan fingerprint density at radius 3 is 2.56 bits per heavy atom. The molecule has 2 fully saturated rings. The van der Waals surface area contributed by atoms with Gasteiger partial charge < -0.3 is 9.42 Å². The number of benzene rings is 1. The van der Waals surface area contributed by atoms with Crippen LogP contribution in [0.1, 0.15) is 43.9 Å². The number of amides is 1. The SMILES string of the molecule is CS(=O)(=O)Nc1ccc(-c2noc([C@H]3CC(=O)N(C4CCCC4)C3)n2)cc1. The summed E-state index contributed by atoms with van der Waals surface area (Å²) in [5, 5.41) is 4.03. The van der Waals surface area contributed by atoms with Crippen molar-refractivity contribution in [3.63, 3.8) is 0 Å². The monoisotopic (exact) mass is 390 g/mol. The largest absolute Gasteiger partial charge is 0.339 e. The smallest absolute Gasteiger partial charge is 0.232 e. The van der Waals surface area contributed by atoms with Crippen LogP contribution in [0.5, 0.6) is 0 Å². The Hall–Kier alpha value is -2.42. The number of nitrogens with zero attached hydrogens (tertiary/aromatic N) is 3. The third-order valence-electron chi connectivity index (χ3n) is 5.16. The van der Waals surface area contributed by atoms with E-state index in [0.29, 0.717) is 36.4 Å². The summed E-state index contributed by atoms with van der Waals surface area (Å²) in [5.74, 6) is 1.02. The number of carbonyl (C=O) groups is 1. The maximum absolute atomic E-state index is 12.4. The van der Waals surface area contributed by atoms with Crippen LogP contribution in [-0.2, 0) is 14.8 Å². The molecular formula is C18H22N4O4S. The summed E-state index contributed by atoms with van der Waals surface area (Å²) in [6, 6.07) is 7.11. The molecule has 1 aromatic carbocycles. The third kappa shape index (κ3) is 3.97. The van der Waals surface area contributed by atoms with E-state index in [1.165, 1.54) is 12.8 Å². The van der Waals surface area contributed by atoms with Crippen LogP contribution in [0.2, 0.25) is 0 Å². The van der Waals surface area contributed by atoms with Crippen molar-refractivity contribution >= 4 is 21.6 Å². The Labute approximate surface area is 158 Å². The summed E-state index contributed by atoms with van der Waals surface area (Å²) in [5.41, 5.74) is 1.19. The fourth-order valence-corrected chi connectivity index (χ4v) is 4.45. The van der Waals surface area contributed by atoms with Crippen LogP contribution in [0.4, 0.5) is 5.69 Å². The Bertz CT molecular complexity index is 933. The second-order valence-electron chi connectivity index (χ2n) is 7.29. The van der Waals surface area contributed by atoms with Crippen molar-refractivity contribution in [3.05, 3.63) is 30.2 Å². The lowest BCUT2D eigenvalue weighted by Crippen LogP contribution is -2.34. The zero-order valence-electron chi connectivity index (χ0n) is 15.1. The molecule has 2 aliphatic rings. The molecular weight excluding hydrogens is 368 g/mol. The van der Waals surface area contributed by atoms with E-state index in [9.17, 15) is 13.2 Å². The van der Waals surface area contributed by atoms with Crippen LogP contribution in [0.25, 0.3) is 11.4 Å². The molecule has 1 aliphatic carbocycles. The zero-order valence-corrected chi connectivity index (χ0v) is 15.9. The van der Waals surface area contributed by atoms with Crippen molar-refractivity contribution in [2.75, 3.05) is 17.5 Å². The van der Waals surface area contributed by atoms with Crippen LogP contribution >= 0.6 is 0 Å². The highest BCUT2D eigenvalue weighted by Gasteiger charge is 2.38. The average Bonchev–Trinajstić information content (AvgIpc) is 3.34. The minimum atomic E-state index is -3.32. The predicted octanol–water partition coefficient (Wildman–Crippen LogP) is 2.37.